The van der Waals surface area contributed by atoms with Gasteiger partial charge in [0.2, 0.25) is 0 Å². The van der Waals surface area contributed by atoms with Gasteiger partial charge in [-0.2, -0.15) is 4.98 Å². The molecule has 27 heavy (non-hydrogen) atoms. The number of piperidine rings is 1. The number of hydrogen-bond acceptors (Lipinski definition) is 5. The van der Waals surface area contributed by atoms with Gasteiger partial charge in [0.1, 0.15) is 11.5 Å². The summed E-state index contributed by atoms with van der Waals surface area (Å²) in [4.78, 5) is 37.5. The lowest BCUT2D eigenvalue weighted by molar-refractivity contribution is 0.0940. The van der Waals surface area contributed by atoms with Gasteiger partial charge in [-0.05, 0) is 37.0 Å². The van der Waals surface area contributed by atoms with Crippen molar-refractivity contribution >= 4 is 11.7 Å². The Bertz CT molecular complexity index is 841. The number of pyridine rings is 1. The number of carbonyl (C=O) groups excluding carboxylic acids is 1. The minimum absolute atomic E-state index is 0.168. The Kier molecular flexibility index (Phi) is 5.58. The second-order valence-electron chi connectivity index (χ2n) is 8.09. The van der Waals surface area contributed by atoms with Crippen LogP contribution in [0.25, 0.3) is 0 Å². The Morgan fingerprint density at radius 2 is 2.19 bits per heavy atom. The molecule has 1 saturated heterocycles. The molecule has 7 nitrogen and oxygen atoms in total. The van der Waals surface area contributed by atoms with Crippen LogP contribution in [0.5, 0.6) is 0 Å². The van der Waals surface area contributed by atoms with E-state index in [4.69, 9.17) is 0 Å². The highest BCUT2D eigenvalue weighted by atomic mass is 16.2. The molecule has 2 N–H and O–H groups in total. The van der Waals surface area contributed by atoms with E-state index in [1.54, 1.807) is 12.3 Å². The predicted octanol–water partition coefficient (Wildman–Crippen LogP) is 2.11. The van der Waals surface area contributed by atoms with Gasteiger partial charge in [0.25, 0.3) is 5.91 Å². The highest BCUT2D eigenvalue weighted by molar-refractivity contribution is 5.92. The summed E-state index contributed by atoms with van der Waals surface area (Å²) in [5.41, 5.74) is 0.114. The van der Waals surface area contributed by atoms with Crippen LogP contribution in [0, 0.1) is 5.92 Å². The summed E-state index contributed by atoms with van der Waals surface area (Å²) >= 11 is 0. The third-order valence-corrected chi connectivity index (χ3v) is 4.83. The van der Waals surface area contributed by atoms with Crippen LogP contribution in [0.3, 0.4) is 0 Å². The molecule has 0 saturated carbocycles. The summed E-state index contributed by atoms with van der Waals surface area (Å²) in [6.07, 6.45) is 3.92. The van der Waals surface area contributed by atoms with Gasteiger partial charge < -0.3 is 15.2 Å². The molecule has 1 atom stereocenters. The summed E-state index contributed by atoms with van der Waals surface area (Å²) in [6.45, 7) is 8.33. The standard InChI is InChI=1S/C20H27N5O2/c1-20(2,3)16-11-15(23-19(27)24-16)18(26)22-12-14-7-6-10-25(13-14)17-8-4-5-9-21-17/h4-5,8-9,11,14H,6-7,10,12-13H2,1-3H3,(H,22,26)(H,23,24,27). The highest BCUT2D eigenvalue weighted by Crippen LogP contribution is 2.21. The number of rotatable bonds is 4. The van der Waals surface area contributed by atoms with Crippen molar-refractivity contribution in [3.05, 3.63) is 52.3 Å². The van der Waals surface area contributed by atoms with E-state index in [2.05, 4.69) is 25.2 Å². The van der Waals surface area contributed by atoms with Gasteiger partial charge >= 0.3 is 5.69 Å². The fraction of sp³-hybridized carbons (Fsp3) is 0.500. The lowest BCUT2D eigenvalue weighted by atomic mass is 9.91. The van der Waals surface area contributed by atoms with Crippen molar-refractivity contribution in [3.63, 3.8) is 0 Å². The molecule has 144 valence electrons. The van der Waals surface area contributed by atoms with Crippen LogP contribution >= 0.6 is 0 Å². The number of carbonyl (C=O) groups is 1. The molecule has 1 fully saturated rings. The maximum absolute atomic E-state index is 12.5. The summed E-state index contributed by atoms with van der Waals surface area (Å²) in [7, 11) is 0. The molecule has 0 aliphatic carbocycles. The second kappa shape index (κ2) is 7.90. The number of nitrogens with one attached hydrogen (secondary N) is 2. The zero-order valence-electron chi connectivity index (χ0n) is 16.2. The Hall–Kier alpha value is -2.70. The summed E-state index contributed by atoms with van der Waals surface area (Å²) in [5.74, 6) is 1.01. The maximum atomic E-state index is 12.5. The first kappa shape index (κ1) is 19.1. The van der Waals surface area contributed by atoms with Crippen molar-refractivity contribution in [2.45, 2.75) is 39.0 Å². The fourth-order valence-corrected chi connectivity index (χ4v) is 3.29. The molecule has 1 aliphatic rings. The third-order valence-electron chi connectivity index (χ3n) is 4.83. The van der Waals surface area contributed by atoms with Gasteiger partial charge in [-0.3, -0.25) is 4.79 Å². The van der Waals surface area contributed by atoms with Crippen molar-refractivity contribution < 1.29 is 4.79 Å². The van der Waals surface area contributed by atoms with Crippen molar-refractivity contribution in [3.8, 4) is 0 Å². The molecule has 2 aromatic rings. The minimum atomic E-state index is -0.494. The first-order valence-electron chi connectivity index (χ1n) is 9.39. The van der Waals surface area contributed by atoms with Gasteiger partial charge in [-0.15, -0.1) is 0 Å². The molecule has 3 heterocycles. The van der Waals surface area contributed by atoms with Crippen molar-refractivity contribution in [1.82, 2.24) is 20.3 Å². The van der Waals surface area contributed by atoms with E-state index < -0.39 is 5.69 Å². The highest BCUT2D eigenvalue weighted by Gasteiger charge is 2.23. The van der Waals surface area contributed by atoms with Gasteiger partial charge in [-0.1, -0.05) is 26.8 Å². The van der Waals surface area contributed by atoms with Crippen molar-refractivity contribution in [2.75, 3.05) is 24.5 Å². The van der Waals surface area contributed by atoms with E-state index in [1.165, 1.54) is 0 Å². The van der Waals surface area contributed by atoms with E-state index in [0.29, 0.717) is 18.2 Å². The van der Waals surface area contributed by atoms with Crippen LogP contribution in [-0.2, 0) is 5.41 Å². The molecular formula is C20H27N5O2. The number of nitrogens with zero attached hydrogens (tertiary/aromatic N) is 3. The van der Waals surface area contributed by atoms with Gasteiger partial charge in [0, 0.05) is 36.9 Å². The maximum Gasteiger partial charge on any atom is 0.345 e. The Labute approximate surface area is 159 Å². The fourth-order valence-electron chi connectivity index (χ4n) is 3.29. The predicted molar refractivity (Wildman–Crippen MR) is 105 cm³/mol. The molecule has 1 aliphatic heterocycles. The van der Waals surface area contributed by atoms with E-state index in [1.807, 2.05) is 39.0 Å². The number of hydrogen-bond donors (Lipinski definition) is 2. The average Bonchev–Trinajstić information content (AvgIpc) is 2.66. The quantitative estimate of drug-likeness (QED) is 0.861. The molecule has 0 radical (unpaired) electrons. The molecule has 0 aromatic carbocycles. The molecule has 0 bridgehead atoms. The van der Waals surface area contributed by atoms with Gasteiger partial charge in [0.05, 0.1) is 0 Å². The number of amides is 1. The molecule has 2 aromatic heterocycles. The number of aromatic nitrogens is 3. The monoisotopic (exact) mass is 369 g/mol. The second-order valence-corrected chi connectivity index (χ2v) is 8.09. The van der Waals surface area contributed by atoms with E-state index in [0.717, 1.165) is 31.7 Å². The van der Waals surface area contributed by atoms with Crippen LogP contribution in [0.2, 0.25) is 0 Å². The SMILES string of the molecule is CC(C)(C)c1cc(C(=O)NCC2CCCN(c3ccccn3)C2)nc(=O)[nH]1. The van der Waals surface area contributed by atoms with E-state index in [9.17, 15) is 9.59 Å². The van der Waals surface area contributed by atoms with Crippen molar-refractivity contribution in [1.29, 1.82) is 0 Å². The zero-order valence-corrected chi connectivity index (χ0v) is 16.2. The summed E-state index contributed by atoms with van der Waals surface area (Å²) in [5, 5.41) is 2.95. The lowest BCUT2D eigenvalue weighted by Gasteiger charge is -2.33. The number of aromatic amines is 1. The third kappa shape index (κ3) is 4.93. The Balaban J connectivity index is 1.62. The minimum Gasteiger partial charge on any atom is -0.356 e. The van der Waals surface area contributed by atoms with Crippen LogP contribution in [-0.4, -0.2) is 40.5 Å². The summed E-state index contributed by atoms with van der Waals surface area (Å²) in [6, 6.07) is 7.57. The zero-order chi connectivity index (χ0) is 19.4. The van der Waals surface area contributed by atoms with Crippen LogP contribution in [0.15, 0.2) is 35.3 Å². The molecule has 3 rings (SSSR count). The van der Waals surface area contributed by atoms with E-state index in [-0.39, 0.29) is 17.0 Å². The first-order valence-corrected chi connectivity index (χ1v) is 9.39. The first-order chi connectivity index (χ1) is 12.8. The van der Waals surface area contributed by atoms with Crippen LogP contribution < -0.4 is 15.9 Å². The summed E-state index contributed by atoms with van der Waals surface area (Å²) < 4.78 is 0. The molecule has 0 spiro atoms. The van der Waals surface area contributed by atoms with Crippen LogP contribution in [0.1, 0.15) is 49.8 Å². The molecular weight excluding hydrogens is 342 g/mol. The van der Waals surface area contributed by atoms with Gasteiger partial charge in [0.15, 0.2) is 0 Å². The molecule has 1 unspecified atom stereocenters. The largest absolute Gasteiger partial charge is 0.356 e. The smallest absolute Gasteiger partial charge is 0.345 e. The molecule has 7 heteroatoms. The molecule has 1 amide bonds. The van der Waals surface area contributed by atoms with Crippen LogP contribution in [0.4, 0.5) is 5.82 Å². The Morgan fingerprint density at radius 1 is 1.37 bits per heavy atom. The van der Waals surface area contributed by atoms with Crippen molar-refractivity contribution in [2.24, 2.45) is 5.92 Å². The topological polar surface area (TPSA) is 91.0 Å². The average molecular weight is 369 g/mol. The number of anilines is 1. The van der Waals surface area contributed by atoms with E-state index >= 15 is 0 Å². The Morgan fingerprint density at radius 3 is 2.89 bits per heavy atom. The van der Waals surface area contributed by atoms with Gasteiger partial charge in [-0.25, -0.2) is 9.78 Å². The lowest BCUT2D eigenvalue weighted by Crippen LogP contribution is -2.41. The normalized spacial score (nSPS) is 17.6. The number of H-pyrrole nitrogens is 1.